The first-order valence-corrected chi connectivity index (χ1v) is 6.11. The second-order valence-electron chi connectivity index (χ2n) is 4.55. The van der Waals surface area contributed by atoms with E-state index >= 15 is 0 Å². The maximum absolute atomic E-state index is 10.9. The lowest BCUT2D eigenvalue weighted by Crippen LogP contribution is -2.39. The van der Waals surface area contributed by atoms with Crippen molar-refractivity contribution in [1.82, 2.24) is 9.88 Å². The van der Waals surface area contributed by atoms with Gasteiger partial charge in [0.15, 0.2) is 0 Å². The van der Waals surface area contributed by atoms with E-state index in [0.29, 0.717) is 6.54 Å². The molecule has 0 aliphatic carbocycles. The normalized spacial score (nSPS) is 21.3. The molecule has 4 nitrogen and oxygen atoms in total. The fraction of sp³-hybridized carbons (Fsp3) is 0.538. The summed E-state index contributed by atoms with van der Waals surface area (Å²) in [5.74, 6) is -0.847. The average Bonchev–Trinajstić information content (AvgIpc) is 2.38. The summed E-state index contributed by atoms with van der Waals surface area (Å²) in [6, 6.07) is 5.90. The molecule has 1 atom stereocenters. The average molecular weight is 234 g/mol. The van der Waals surface area contributed by atoms with Gasteiger partial charge in [0.25, 0.3) is 0 Å². The molecule has 0 spiro atoms. The van der Waals surface area contributed by atoms with Crippen LogP contribution in [0.2, 0.25) is 0 Å². The quantitative estimate of drug-likeness (QED) is 0.856. The zero-order chi connectivity index (χ0) is 12.1. The van der Waals surface area contributed by atoms with Crippen LogP contribution in [0.5, 0.6) is 0 Å². The number of hydrogen-bond acceptors (Lipinski definition) is 3. The van der Waals surface area contributed by atoms with Crippen LogP contribution in [0, 0.1) is 5.92 Å². The van der Waals surface area contributed by atoms with Gasteiger partial charge in [-0.15, -0.1) is 0 Å². The van der Waals surface area contributed by atoms with Crippen molar-refractivity contribution in [3.8, 4) is 0 Å². The summed E-state index contributed by atoms with van der Waals surface area (Å²) >= 11 is 0. The predicted molar refractivity (Wildman–Crippen MR) is 64.7 cm³/mol. The van der Waals surface area contributed by atoms with Gasteiger partial charge in [0.2, 0.25) is 0 Å². The molecule has 4 heteroatoms. The predicted octanol–water partition coefficient (Wildman–Crippen LogP) is 1.42. The van der Waals surface area contributed by atoms with E-state index in [0.717, 1.165) is 38.0 Å². The maximum atomic E-state index is 10.9. The number of hydrogen-bond donors (Lipinski definition) is 1. The molecule has 1 N–H and O–H groups in total. The van der Waals surface area contributed by atoms with Gasteiger partial charge in [0.05, 0.1) is 5.92 Å². The van der Waals surface area contributed by atoms with Gasteiger partial charge in [-0.2, -0.15) is 0 Å². The van der Waals surface area contributed by atoms with Crippen molar-refractivity contribution in [2.24, 2.45) is 5.92 Å². The molecule has 1 aliphatic heterocycles. The first-order valence-electron chi connectivity index (χ1n) is 6.11. The molecule has 2 heterocycles. The van der Waals surface area contributed by atoms with Crippen molar-refractivity contribution in [2.75, 3.05) is 19.6 Å². The standard InChI is InChI=1S/C13H18N2O2/c16-13(17)11-4-3-8-15(10-11)9-6-12-5-1-2-7-14-12/h1-2,5,7,11H,3-4,6,8-10H2,(H,16,17). The summed E-state index contributed by atoms with van der Waals surface area (Å²) < 4.78 is 0. The lowest BCUT2D eigenvalue weighted by atomic mass is 9.98. The van der Waals surface area contributed by atoms with Gasteiger partial charge >= 0.3 is 5.97 Å². The van der Waals surface area contributed by atoms with Crippen molar-refractivity contribution >= 4 is 5.97 Å². The number of likely N-dealkylation sites (tertiary alicyclic amines) is 1. The molecule has 1 fully saturated rings. The van der Waals surface area contributed by atoms with Gasteiger partial charge in [-0.3, -0.25) is 9.78 Å². The summed E-state index contributed by atoms with van der Waals surface area (Å²) in [6.45, 7) is 2.60. The summed E-state index contributed by atoms with van der Waals surface area (Å²) in [6.07, 6.45) is 4.49. The van der Waals surface area contributed by atoms with Crippen LogP contribution >= 0.6 is 0 Å². The number of carboxylic acid groups (broad SMARTS) is 1. The van der Waals surface area contributed by atoms with Crippen LogP contribution in [0.1, 0.15) is 18.5 Å². The highest BCUT2D eigenvalue weighted by molar-refractivity contribution is 5.70. The topological polar surface area (TPSA) is 53.4 Å². The largest absolute Gasteiger partial charge is 0.481 e. The Labute approximate surface area is 101 Å². The zero-order valence-electron chi connectivity index (χ0n) is 9.88. The number of aromatic nitrogens is 1. The third-order valence-corrected chi connectivity index (χ3v) is 3.27. The van der Waals surface area contributed by atoms with E-state index < -0.39 is 5.97 Å². The van der Waals surface area contributed by atoms with Gasteiger partial charge in [-0.25, -0.2) is 0 Å². The summed E-state index contributed by atoms with van der Waals surface area (Å²) in [5.41, 5.74) is 1.07. The highest BCUT2D eigenvalue weighted by atomic mass is 16.4. The van der Waals surface area contributed by atoms with E-state index in [4.69, 9.17) is 5.11 Å². The number of rotatable bonds is 4. The molecular formula is C13H18N2O2. The van der Waals surface area contributed by atoms with Gasteiger partial charge in [0.1, 0.15) is 0 Å². The SMILES string of the molecule is O=C(O)C1CCCN(CCc2ccccn2)C1. The number of aliphatic carboxylic acids is 1. The molecule has 1 aliphatic rings. The second kappa shape index (κ2) is 5.77. The molecule has 0 saturated carbocycles. The molecule has 1 aromatic heterocycles. The van der Waals surface area contributed by atoms with E-state index in [1.807, 2.05) is 18.2 Å². The third kappa shape index (κ3) is 3.53. The Kier molecular flexibility index (Phi) is 4.09. The molecule has 0 amide bonds. The number of nitrogens with zero attached hydrogens (tertiary/aromatic N) is 2. The van der Waals surface area contributed by atoms with E-state index in [1.54, 1.807) is 6.20 Å². The van der Waals surface area contributed by atoms with Gasteiger partial charge in [0, 0.05) is 31.4 Å². The van der Waals surface area contributed by atoms with E-state index in [2.05, 4.69) is 9.88 Å². The molecule has 1 saturated heterocycles. The molecule has 0 aromatic carbocycles. The molecule has 1 aromatic rings. The maximum Gasteiger partial charge on any atom is 0.307 e. The van der Waals surface area contributed by atoms with Gasteiger partial charge in [-0.05, 0) is 31.5 Å². The van der Waals surface area contributed by atoms with Crippen molar-refractivity contribution in [1.29, 1.82) is 0 Å². The van der Waals surface area contributed by atoms with E-state index in [9.17, 15) is 4.79 Å². The highest BCUT2D eigenvalue weighted by Crippen LogP contribution is 2.16. The fourth-order valence-corrected chi connectivity index (χ4v) is 2.28. The summed E-state index contributed by atoms with van der Waals surface area (Å²) in [4.78, 5) is 17.4. The molecule has 0 radical (unpaired) electrons. The zero-order valence-corrected chi connectivity index (χ0v) is 9.88. The summed E-state index contributed by atoms with van der Waals surface area (Å²) in [7, 11) is 0. The van der Waals surface area contributed by atoms with Crippen LogP contribution in [0.4, 0.5) is 0 Å². The number of pyridine rings is 1. The first kappa shape index (κ1) is 12.0. The van der Waals surface area contributed by atoms with Crippen molar-refractivity contribution in [3.05, 3.63) is 30.1 Å². The first-order chi connectivity index (χ1) is 8.25. The van der Waals surface area contributed by atoms with Crippen LogP contribution in [0.15, 0.2) is 24.4 Å². The van der Waals surface area contributed by atoms with E-state index in [1.165, 1.54) is 0 Å². The monoisotopic (exact) mass is 234 g/mol. The highest BCUT2D eigenvalue weighted by Gasteiger charge is 2.24. The molecule has 0 bridgehead atoms. The van der Waals surface area contributed by atoms with Gasteiger partial charge < -0.3 is 10.0 Å². The Bertz CT molecular complexity index is 367. The lowest BCUT2D eigenvalue weighted by molar-refractivity contribution is -0.143. The Hall–Kier alpha value is -1.42. The molecule has 17 heavy (non-hydrogen) atoms. The number of carbonyl (C=O) groups is 1. The Morgan fingerprint density at radius 3 is 3.12 bits per heavy atom. The molecule has 1 unspecified atom stereocenters. The van der Waals surface area contributed by atoms with Crippen LogP contribution in [0.3, 0.4) is 0 Å². The van der Waals surface area contributed by atoms with Crippen molar-refractivity contribution in [3.63, 3.8) is 0 Å². The molecule has 2 rings (SSSR count). The number of piperidine rings is 1. The van der Waals surface area contributed by atoms with Crippen molar-refractivity contribution < 1.29 is 9.90 Å². The minimum Gasteiger partial charge on any atom is -0.481 e. The van der Waals surface area contributed by atoms with Gasteiger partial charge in [-0.1, -0.05) is 6.07 Å². The van der Waals surface area contributed by atoms with E-state index in [-0.39, 0.29) is 5.92 Å². The minimum atomic E-state index is -0.660. The van der Waals surface area contributed by atoms with Crippen LogP contribution < -0.4 is 0 Å². The third-order valence-electron chi connectivity index (χ3n) is 3.27. The minimum absolute atomic E-state index is 0.188. The molecule has 92 valence electrons. The Balaban J connectivity index is 1.81. The Morgan fingerprint density at radius 2 is 2.41 bits per heavy atom. The summed E-state index contributed by atoms with van der Waals surface area (Å²) in [5, 5.41) is 9.00. The number of carboxylic acids is 1. The van der Waals surface area contributed by atoms with Crippen LogP contribution in [-0.2, 0) is 11.2 Å². The fourth-order valence-electron chi connectivity index (χ4n) is 2.28. The second-order valence-corrected chi connectivity index (χ2v) is 4.55. The smallest absolute Gasteiger partial charge is 0.307 e. The Morgan fingerprint density at radius 1 is 1.53 bits per heavy atom. The molecular weight excluding hydrogens is 216 g/mol. The van der Waals surface area contributed by atoms with Crippen molar-refractivity contribution in [2.45, 2.75) is 19.3 Å². The lowest BCUT2D eigenvalue weighted by Gasteiger charge is -2.30. The van der Waals surface area contributed by atoms with Crippen LogP contribution in [-0.4, -0.2) is 40.6 Å². The van der Waals surface area contributed by atoms with Crippen LogP contribution in [0.25, 0.3) is 0 Å².